The molecule has 18 heavy (non-hydrogen) atoms. The monoisotopic (exact) mass is 247 g/mol. The molecule has 1 aromatic rings. The fraction of sp³-hybridized carbons (Fsp3) is 0.600. The summed E-state index contributed by atoms with van der Waals surface area (Å²) >= 11 is 0. The van der Waals surface area contributed by atoms with Gasteiger partial charge in [0.2, 0.25) is 0 Å². The first-order chi connectivity index (χ1) is 8.79. The fourth-order valence-corrected chi connectivity index (χ4v) is 3.31. The van der Waals surface area contributed by atoms with Gasteiger partial charge in [-0.1, -0.05) is 31.0 Å². The lowest BCUT2D eigenvalue weighted by Crippen LogP contribution is -2.60. The number of rotatable bonds is 2. The van der Waals surface area contributed by atoms with Gasteiger partial charge in [0.15, 0.2) is 0 Å². The van der Waals surface area contributed by atoms with Crippen LogP contribution in [0.15, 0.2) is 30.3 Å². The van der Waals surface area contributed by atoms with Crippen molar-refractivity contribution in [2.75, 3.05) is 18.5 Å². The van der Waals surface area contributed by atoms with E-state index in [4.69, 9.17) is 4.74 Å². The van der Waals surface area contributed by atoms with Gasteiger partial charge >= 0.3 is 0 Å². The molecule has 0 spiro atoms. The molecule has 1 saturated carbocycles. The molecule has 1 aliphatic heterocycles. The summed E-state index contributed by atoms with van der Waals surface area (Å²) in [7, 11) is 0. The Labute approximate surface area is 108 Å². The van der Waals surface area contributed by atoms with Crippen molar-refractivity contribution in [2.24, 2.45) is 5.92 Å². The van der Waals surface area contributed by atoms with Crippen LogP contribution in [0.1, 0.15) is 25.7 Å². The van der Waals surface area contributed by atoms with E-state index in [1.165, 1.54) is 6.42 Å². The second-order valence-electron chi connectivity index (χ2n) is 5.53. The van der Waals surface area contributed by atoms with E-state index >= 15 is 0 Å². The minimum atomic E-state index is -0.591. The summed E-state index contributed by atoms with van der Waals surface area (Å²) in [5.74, 6) is 0.293. The highest BCUT2D eigenvalue weighted by atomic mass is 16.5. The molecule has 98 valence electrons. The second-order valence-corrected chi connectivity index (χ2v) is 5.53. The molecule has 0 radical (unpaired) electrons. The van der Waals surface area contributed by atoms with Gasteiger partial charge in [0.05, 0.1) is 24.9 Å². The maximum absolute atomic E-state index is 11.0. The van der Waals surface area contributed by atoms with Gasteiger partial charge in [0.25, 0.3) is 0 Å². The molecule has 2 fully saturated rings. The molecular formula is C15H21NO2. The maximum atomic E-state index is 11.0. The Morgan fingerprint density at radius 2 is 2.00 bits per heavy atom. The van der Waals surface area contributed by atoms with Crippen molar-refractivity contribution in [1.82, 2.24) is 0 Å². The van der Waals surface area contributed by atoms with Crippen LogP contribution in [0.2, 0.25) is 0 Å². The van der Waals surface area contributed by atoms with Gasteiger partial charge < -0.3 is 15.2 Å². The van der Waals surface area contributed by atoms with Crippen LogP contribution in [0.5, 0.6) is 0 Å². The molecule has 1 saturated heterocycles. The van der Waals surface area contributed by atoms with Crippen molar-refractivity contribution in [2.45, 2.75) is 37.3 Å². The zero-order valence-electron chi connectivity index (χ0n) is 10.6. The first kappa shape index (κ1) is 12.0. The van der Waals surface area contributed by atoms with Crippen molar-refractivity contribution in [3.63, 3.8) is 0 Å². The molecule has 0 bridgehead atoms. The lowest BCUT2D eigenvalue weighted by atomic mass is 9.70. The summed E-state index contributed by atoms with van der Waals surface area (Å²) in [6.45, 7) is 1.31. The number of benzene rings is 1. The highest BCUT2D eigenvalue weighted by Crippen LogP contribution is 2.40. The number of nitrogens with one attached hydrogen (secondary N) is 1. The Kier molecular flexibility index (Phi) is 3.27. The van der Waals surface area contributed by atoms with Gasteiger partial charge in [0.1, 0.15) is 0 Å². The zero-order chi connectivity index (χ0) is 12.4. The van der Waals surface area contributed by atoms with Crippen molar-refractivity contribution in [3.05, 3.63) is 30.3 Å². The Morgan fingerprint density at radius 1 is 1.17 bits per heavy atom. The van der Waals surface area contributed by atoms with Crippen LogP contribution in [0.4, 0.5) is 5.69 Å². The zero-order valence-corrected chi connectivity index (χ0v) is 10.6. The van der Waals surface area contributed by atoms with Crippen LogP contribution in [0.3, 0.4) is 0 Å². The molecule has 1 aliphatic carbocycles. The van der Waals surface area contributed by atoms with Gasteiger partial charge in [-0.05, 0) is 25.0 Å². The predicted molar refractivity (Wildman–Crippen MR) is 71.6 cm³/mol. The van der Waals surface area contributed by atoms with E-state index in [2.05, 4.69) is 5.32 Å². The van der Waals surface area contributed by atoms with E-state index in [9.17, 15) is 5.11 Å². The summed E-state index contributed by atoms with van der Waals surface area (Å²) in [6.07, 6.45) is 4.32. The van der Waals surface area contributed by atoms with Crippen LogP contribution in [-0.2, 0) is 4.74 Å². The molecular weight excluding hydrogens is 226 g/mol. The highest BCUT2D eigenvalue weighted by Gasteiger charge is 2.48. The predicted octanol–water partition coefficient (Wildman–Crippen LogP) is 2.42. The molecule has 3 unspecified atom stereocenters. The number of para-hydroxylation sites is 1. The normalized spacial score (nSPS) is 35.8. The van der Waals surface area contributed by atoms with Crippen molar-refractivity contribution >= 4 is 5.69 Å². The Hall–Kier alpha value is -1.06. The van der Waals surface area contributed by atoms with E-state index in [1.54, 1.807) is 0 Å². The lowest BCUT2D eigenvalue weighted by Gasteiger charge is -2.48. The van der Waals surface area contributed by atoms with E-state index in [0.717, 1.165) is 24.9 Å². The summed E-state index contributed by atoms with van der Waals surface area (Å²) in [4.78, 5) is 0. The minimum absolute atomic E-state index is 0.0129. The topological polar surface area (TPSA) is 41.5 Å². The highest BCUT2D eigenvalue weighted by molar-refractivity contribution is 5.44. The number of hydrogen-bond acceptors (Lipinski definition) is 3. The van der Waals surface area contributed by atoms with E-state index in [0.29, 0.717) is 19.1 Å². The fourth-order valence-electron chi connectivity index (χ4n) is 3.31. The summed E-state index contributed by atoms with van der Waals surface area (Å²) in [5, 5.41) is 14.4. The van der Waals surface area contributed by atoms with Crippen LogP contribution in [0.25, 0.3) is 0 Å². The van der Waals surface area contributed by atoms with Gasteiger partial charge in [-0.25, -0.2) is 0 Å². The van der Waals surface area contributed by atoms with Crippen molar-refractivity contribution in [1.29, 1.82) is 0 Å². The third-order valence-corrected chi connectivity index (χ3v) is 4.41. The first-order valence-corrected chi connectivity index (χ1v) is 6.91. The summed E-state index contributed by atoms with van der Waals surface area (Å²) in [6, 6.07) is 10.1. The SMILES string of the molecule is OC12CCCCC1COCC2Nc1ccccc1. The quantitative estimate of drug-likeness (QED) is 0.843. The lowest BCUT2D eigenvalue weighted by molar-refractivity contribution is -0.139. The molecule has 3 rings (SSSR count). The number of anilines is 1. The average molecular weight is 247 g/mol. The maximum Gasteiger partial charge on any atom is 0.0920 e. The average Bonchev–Trinajstić information content (AvgIpc) is 2.41. The standard InChI is InChI=1S/C15H21NO2/c17-15-9-5-4-6-12(15)10-18-11-14(15)16-13-7-2-1-3-8-13/h1-3,7-8,12,14,16-17H,4-6,9-11H2. The van der Waals surface area contributed by atoms with Gasteiger partial charge in [-0.2, -0.15) is 0 Å². The van der Waals surface area contributed by atoms with Gasteiger partial charge in [0, 0.05) is 11.6 Å². The van der Waals surface area contributed by atoms with Gasteiger partial charge in [-0.15, -0.1) is 0 Å². The van der Waals surface area contributed by atoms with Crippen LogP contribution < -0.4 is 5.32 Å². The minimum Gasteiger partial charge on any atom is -0.387 e. The molecule has 0 amide bonds. The third kappa shape index (κ3) is 2.13. The van der Waals surface area contributed by atoms with Gasteiger partial charge in [-0.3, -0.25) is 0 Å². The molecule has 1 heterocycles. The number of aliphatic hydroxyl groups is 1. The number of hydrogen-bond donors (Lipinski definition) is 2. The molecule has 3 nitrogen and oxygen atoms in total. The molecule has 0 aromatic heterocycles. The van der Waals surface area contributed by atoms with Crippen molar-refractivity contribution in [3.8, 4) is 0 Å². The number of ether oxygens (including phenoxy) is 1. The first-order valence-electron chi connectivity index (χ1n) is 6.91. The molecule has 2 aliphatic rings. The van der Waals surface area contributed by atoms with Crippen molar-refractivity contribution < 1.29 is 9.84 Å². The van der Waals surface area contributed by atoms with E-state index in [-0.39, 0.29) is 6.04 Å². The number of fused-ring (bicyclic) bond motifs is 1. The third-order valence-electron chi connectivity index (χ3n) is 4.41. The molecule has 3 heteroatoms. The Bertz CT molecular complexity index is 393. The van der Waals surface area contributed by atoms with Crippen LogP contribution >= 0.6 is 0 Å². The Balaban J connectivity index is 1.78. The van der Waals surface area contributed by atoms with Crippen LogP contribution in [-0.4, -0.2) is 30.0 Å². The smallest absolute Gasteiger partial charge is 0.0920 e. The molecule has 2 N–H and O–H groups in total. The molecule has 3 atom stereocenters. The van der Waals surface area contributed by atoms with E-state index in [1.807, 2.05) is 30.3 Å². The molecule has 1 aromatic carbocycles. The van der Waals surface area contributed by atoms with Crippen LogP contribution in [0, 0.1) is 5.92 Å². The largest absolute Gasteiger partial charge is 0.387 e. The summed E-state index contributed by atoms with van der Waals surface area (Å²) < 4.78 is 5.67. The van der Waals surface area contributed by atoms with E-state index < -0.39 is 5.60 Å². The Morgan fingerprint density at radius 3 is 2.83 bits per heavy atom. The second kappa shape index (κ2) is 4.90. The summed E-state index contributed by atoms with van der Waals surface area (Å²) in [5.41, 5.74) is 0.470.